The number of nitrogens with zero attached hydrogens (tertiary/aromatic N) is 3. The van der Waals surface area contributed by atoms with Crippen LogP contribution in [0.15, 0.2) is 78.0 Å². The molecule has 0 unspecified atom stereocenters. The third kappa shape index (κ3) is 5.01. The van der Waals surface area contributed by atoms with Crippen LogP contribution in [-0.2, 0) is 13.5 Å². The van der Waals surface area contributed by atoms with Gasteiger partial charge in [-0.2, -0.15) is 0 Å². The molecule has 0 aliphatic heterocycles. The zero-order valence-electron chi connectivity index (χ0n) is 20.3. The minimum absolute atomic E-state index is 0.00944. The van der Waals surface area contributed by atoms with Crippen LogP contribution in [0.5, 0.6) is 17.4 Å². The number of carbonyl (C=O) groups excluding carboxylic acids is 1. The van der Waals surface area contributed by atoms with E-state index in [0.717, 1.165) is 22.0 Å². The summed E-state index contributed by atoms with van der Waals surface area (Å²) in [5.41, 5.74) is 4.67. The second kappa shape index (κ2) is 9.90. The van der Waals surface area contributed by atoms with Gasteiger partial charge < -0.3 is 29.8 Å². The summed E-state index contributed by atoms with van der Waals surface area (Å²) in [4.78, 5) is 23.8. The Labute approximate surface area is 212 Å². The summed E-state index contributed by atoms with van der Waals surface area (Å²) in [5.74, 6) is 0.445. The molecule has 37 heavy (non-hydrogen) atoms. The molecule has 5 aromatic rings. The SMILES string of the molecule is COc1ccc(N=Cc2c(O)[nH]c3ccc(Cc4ccc(NC(=O)c5nccn5C)cc4)cc23)cc1O. The number of hydrogen-bond donors (Lipinski definition) is 4. The van der Waals surface area contributed by atoms with Gasteiger partial charge in [-0.25, -0.2) is 4.98 Å². The van der Waals surface area contributed by atoms with Gasteiger partial charge in [0.15, 0.2) is 23.2 Å². The molecule has 0 radical (unpaired) electrons. The fourth-order valence-electron chi connectivity index (χ4n) is 4.10. The van der Waals surface area contributed by atoms with Crippen molar-refractivity contribution >= 4 is 34.4 Å². The number of ether oxygens (including phenoxy) is 1. The first-order chi connectivity index (χ1) is 17.9. The number of rotatable bonds is 7. The van der Waals surface area contributed by atoms with Gasteiger partial charge >= 0.3 is 0 Å². The maximum absolute atomic E-state index is 12.4. The van der Waals surface area contributed by atoms with Gasteiger partial charge in [-0.3, -0.25) is 9.79 Å². The number of aromatic amines is 1. The summed E-state index contributed by atoms with van der Waals surface area (Å²) in [6.45, 7) is 0. The van der Waals surface area contributed by atoms with Crippen LogP contribution in [0, 0.1) is 0 Å². The van der Waals surface area contributed by atoms with Crippen LogP contribution in [0.2, 0.25) is 0 Å². The number of methoxy groups -OCH3 is 1. The first-order valence-electron chi connectivity index (χ1n) is 11.5. The number of hydrogen-bond acceptors (Lipinski definition) is 6. The van der Waals surface area contributed by atoms with Gasteiger partial charge in [0.05, 0.1) is 18.4 Å². The fourth-order valence-corrected chi connectivity index (χ4v) is 4.10. The molecule has 1 amide bonds. The minimum atomic E-state index is -0.267. The zero-order chi connectivity index (χ0) is 25.9. The maximum atomic E-state index is 12.4. The largest absolute Gasteiger partial charge is 0.504 e. The number of benzene rings is 3. The van der Waals surface area contributed by atoms with Gasteiger partial charge in [0.2, 0.25) is 0 Å². The molecule has 3 aromatic carbocycles. The molecule has 0 spiro atoms. The lowest BCUT2D eigenvalue weighted by molar-refractivity contribution is 0.101. The smallest absolute Gasteiger partial charge is 0.291 e. The quantitative estimate of drug-likeness (QED) is 0.239. The molecule has 2 aromatic heterocycles. The molecule has 0 atom stereocenters. The molecular formula is C28H25N5O4. The number of nitrogens with one attached hydrogen (secondary N) is 2. The first kappa shape index (κ1) is 23.7. The third-order valence-corrected chi connectivity index (χ3v) is 6.03. The number of H-pyrrole nitrogens is 1. The molecule has 0 fully saturated rings. The number of aromatic nitrogens is 3. The molecule has 2 heterocycles. The van der Waals surface area contributed by atoms with Gasteiger partial charge in [-0.05, 0) is 53.9 Å². The Hall–Kier alpha value is -5.05. The number of phenols is 1. The topological polar surface area (TPSA) is 125 Å². The van der Waals surface area contributed by atoms with Gasteiger partial charge in [0.1, 0.15) is 0 Å². The molecule has 0 aliphatic carbocycles. The normalized spacial score (nSPS) is 11.3. The van der Waals surface area contributed by atoms with Crippen LogP contribution < -0.4 is 10.1 Å². The lowest BCUT2D eigenvalue weighted by Gasteiger charge is -2.07. The molecule has 4 N–H and O–H groups in total. The molecule has 9 heteroatoms. The number of aromatic hydroxyl groups is 2. The summed E-state index contributed by atoms with van der Waals surface area (Å²) in [6.07, 6.45) is 5.54. The van der Waals surface area contributed by atoms with Crippen molar-refractivity contribution in [2.24, 2.45) is 12.0 Å². The van der Waals surface area contributed by atoms with Gasteiger partial charge in [-0.15, -0.1) is 0 Å². The first-order valence-corrected chi connectivity index (χ1v) is 11.5. The molecule has 0 aliphatic rings. The standard InChI is InChI=1S/C28H25N5O4/c1-33-12-11-29-26(33)28(36)31-19-6-3-17(4-7-19)13-18-5-9-23-21(14-18)22(27(35)32-23)16-30-20-8-10-25(37-2)24(34)15-20/h3-12,14-16,32,34-35H,13H2,1-2H3,(H,31,36). The Bertz CT molecular complexity index is 1620. The number of fused-ring (bicyclic) bond motifs is 1. The van der Waals surface area contributed by atoms with Crippen LogP contribution in [-0.4, -0.2) is 44.0 Å². The van der Waals surface area contributed by atoms with E-state index in [2.05, 4.69) is 20.3 Å². The van der Waals surface area contributed by atoms with E-state index >= 15 is 0 Å². The summed E-state index contributed by atoms with van der Waals surface area (Å²) < 4.78 is 6.73. The van der Waals surface area contributed by atoms with Gasteiger partial charge in [0, 0.05) is 48.3 Å². The van der Waals surface area contributed by atoms with Gasteiger partial charge in [-0.1, -0.05) is 18.2 Å². The minimum Gasteiger partial charge on any atom is -0.504 e. The summed E-state index contributed by atoms with van der Waals surface area (Å²) in [6, 6.07) is 18.4. The number of aryl methyl sites for hydroxylation is 1. The number of aliphatic imine (C=N–C) groups is 1. The van der Waals surface area contributed by atoms with Crippen LogP contribution in [0.25, 0.3) is 10.9 Å². The molecule has 186 valence electrons. The monoisotopic (exact) mass is 495 g/mol. The van der Waals surface area contributed by atoms with E-state index in [4.69, 9.17) is 4.74 Å². The average Bonchev–Trinajstić information content (AvgIpc) is 3.46. The number of amides is 1. The summed E-state index contributed by atoms with van der Waals surface area (Å²) in [7, 11) is 3.25. The molecule has 0 bridgehead atoms. The van der Waals surface area contributed by atoms with E-state index in [1.54, 1.807) is 42.4 Å². The number of carbonyl (C=O) groups is 1. The van der Waals surface area contributed by atoms with Crippen molar-refractivity contribution in [3.05, 3.63) is 95.6 Å². The Balaban J connectivity index is 1.33. The van der Waals surface area contributed by atoms with Crippen molar-refractivity contribution in [2.45, 2.75) is 6.42 Å². The van der Waals surface area contributed by atoms with E-state index < -0.39 is 0 Å². The second-order valence-corrected chi connectivity index (χ2v) is 8.57. The Morgan fingerprint density at radius 2 is 1.89 bits per heavy atom. The molecule has 0 saturated heterocycles. The van der Waals surface area contributed by atoms with Crippen molar-refractivity contribution in [2.75, 3.05) is 12.4 Å². The van der Waals surface area contributed by atoms with Crippen LogP contribution in [0.4, 0.5) is 11.4 Å². The Morgan fingerprint density at radius 1 is 1.11 bits per heavy atom. The predicted octanol–water partition coefficient (Wildman–Crippen LogP) is 4.91. The molecular weight excluding hydrogens is 470 g/mol. The van der Waals surface area contributed by atoms with Crippen molar-refractivity contribution in [3.63, 3.8) is 0 Å². The zero-order valence-corrected chi connectivity index (χ0v) is 20.3. The van der Waals surface area contributed by atoms with Crippen LogP contribution in [0.1, 0.15) is 27.3 Å². The lowest BCUT2D eigenvalue weighted by atomic mass is 10.0. The third-order valence-electron chi connectivity index (χ3n) is 6.03. The molecule has 9 nitrogen and oxygen atoms in total. The van der Waals surface area contributed by atoms with Crippen LogP contribution in [0.3, 0.4) is 0 Å². The van der Waals surface area contributed by atoms with E-state index in [0.29, 0.717) is 34.9 Å². The molecule has 5 rings (SSSR count). The summed E-state index contributed by atoms with van der Waals surface area (Å²) in [5, 5.41) is 24.1. The number of phenolic OH excluding ortho intramolecular Hbond substituents is 1. The van der Waals surface area contributed by atoms with E-state index in [1.807, 2.05) is 42.5 Å². The second-order valence-electron chi connectivity index (χ2n) is 8.57. The predicted molar refractivity (Wildman–Crippen MR) is 142 cm³/mol. The number of anilines is 1. The van der Waals surface area contributed by atoms with E-state index in [-0.39, 0.29) is 17.5 Å². The van der Waals surface area contributed by atoms with Crippen molar-refractivity contribution in [1.29, 1.82) is 0 Å². The van der Waals surface area contributed by atoms with E-state index in [1.165, 1.54) is 13.2 Å². The van der Waals surface area contributed by atoms with Crippen molar-refractivity contribution < 1.29 is 19.7 Å². The van der Waals surface area contributed by atoms with Crippen molar-refractivity contribution in [1.82, 2.24) is 14.5 Å². The highest BCUT2D eigenvalue weighted by atomic mass is 16.5. The summed E-state index contributed by atoms with van der Waals surface area (Å²) >= 11 is 0. The highest BCUT2D eigenvalue weighted by Gasteiger charge is 2.12. The Kier molecular flexibility index (Phi) is 6.34. The molecule has 0 saturated carbocycles. The van der Waals surface area contributed by atoms with Crippen LogP contribution >= 0.6 is 0 Å². The average molecular weight is 496 g/mol. The fraction of sp³-hybridized carbons (Fsp3) is 0.107. The highest BCUT2D eigenvalue weighted by molar-refractivity contribution is 6.03. The maximum Gasteiger partial charge on any atom is 0.291 e. The number of imidazole rings is 1. The van der Waals surface area contributed by atoms with Crippen molar-refractivity contribution in [3.8, 4) is 17.4 Å². The highest BCUT2D eigenvalue weighted by Crippen LogP contribution is 2.31. The van der Waals surface area contributed by atoms with E-state index in [9.17, 15) is 15.0 Å². The Morgan fingerprint density at radius 3 is 2.59 bits per heavy atom. The lowest BCUT2D eigenvalue weighted by Crippen LogP contribution is -2.16. The van der Waals surface area contributed by atoms with Gasteiger partial charge in [0.25, 0.3) is 5.91 Å².